The largest absolute Gasteiger partial charge is 0.356 e. The quantitative estimate of drug-likeness (QED) is 0.606. The van der Waals surface area contributed by atoms with E-state index < -0.39 is 4.92 Å². The maximum Gasteiger partial charge on any atom is 0.287 e. The van der Waals surface area contributed by atoms with Crippen LogP contribution in [0.5, 0.6) is 0 Å². The second-order valence-corrected chi connectivity index (χ2v) is 6.55. The number of pyridine rings is 1. The van der Waals surface area contributed by atoms with Crippen LogP contribution in [0.15, 0.2) is 18.3 Å². The molecular weight excluding hydrogens is 310 g/mol. The van der Waals surface area contributed by atoms with Gasteiger partial charge in [0.2, 0.25) is 5.91 Å². The number of amides is 1. The Kier molecular flexibility index (Phi) is 4.94. The molecule has 1 atom stereocenters. The molecule has 0 spiro atoms. The standard InChI is InChI=1S/C16H23N5O3/c1-18-7-9-19(10-8-18)16(22)13-3-2-6-20(12-13)15-5-4-14(11-17-15)21(23)24/h4-5,11,13H,2-3,6-10,12H2,1H3/t13-/m1/s1. The fourth-order valence-corrected chi connectivity index (χ4v) is 3.35. The van der Waals surface area contributed by atoms with E-state index >= 15 is 0 Å². The third-order valence-electron chi connectivity index (χ3n) is 4.85. The highest BCUT2D eigenvalue weighted by molar-refractivity contribution is 5.80. The Labute approximate surface area is 141 Å². The van der Waals surface area contributed by atoms with Gasteiger partial charge in [0.1, 0.15) is 12.0 Å². The third kappa shape index (κ3) is 3.64. The highest BCUT2D eigenvalue weighted by Crippen LogP contribution is 2.24. The monoisotopic (exact) mass is 333 g/mol. The smallest absolute Gasteiger partial charge is 0.287 e. The molecule has 2 saturated heterocycles. The lowest BCUT2D eigenvalue weighted by molar-refractivity contribution is -0.385. The molecule has 8 heteroatoms. The van der Waals surface area contributed by atoms with Crippen molar-refractivity contribution in [3.63, 3.8) is 0 Å². The second-order valence-electron chi connectivity index (χ2n) is 6.55. The summed E-state index contributed by atoms with van der Waals surface area (Å²) >= 11 is 0. The van der Waals surface area contributed by atoms with Gasteiger partial charge in [0.15, 0.2) is 0 Å². The summed E-state index contributed by atoms with van der Waals surface area (Å²) in [7, 11) is 2.07. The maximum atomic E-state index is 12.8. The van der Waals surface area contributed by atoms with Crippen molar-refractivity contribution in [2.24, 2.45) is 5.92 Å². The summed E-state index contributed by atoms with van der Waals surface area (Å²) in [6, 6.07) is 3.13. The molecule has 3 heterocycles. The van der Waals surface area contributed by atoms with Gasteiger partial charge in [0.25, 0.3) is 5.69 Å². The summed E-state index contributed by atoms with van der Waals surface area (Å²) in [6.45, 7) is 4.90. The molecule has 130 valence electrons. The topological polar surface area (TPSA) is 82.8 Å². The Balaban J connectivity index is 1.63. The van der Waals surface area contributed by atoms with Crippen LogP contribution >= 0.6 is 0 Å². The SMILES string of the molecule is CN1CCN(C(=O)[C@@H]2CCCN(c3ccc([N+](=O)[O-])cn3)C2)CC1. The Morgan fingerprint density at radius 2 is 2.00 bits per heavy atom. The van der Waals surface area contributed by atoms with Crippen molar-refractivity contribution in [1.82, 2.24) is 14.8 Å². The van der Waals surface area contributed by atoms with E-state index in [0.29, 0.717) is 12.4 Å². The molecule has 2 aliphatic heterocycles. The van der Waals surface area contributed by atoms with Crippen molar-refractivity contribution < 1.29 is 9.72 Å². The summed E-state index contributed by atoms with van der Waals surface area (Å²) in [6.07, 6.45) is 3.11. The van der Waals surface area contributed by atoms with Crippen LogP contribution in [0.3, 0.4) is 0 Å². The average molecular weight is 333 g/mol. The molecule has 8 nitrogen and oxygen atoms in total. The molecule has 0 N–H and O–H groups in total. The van der Waals surface area contributed by atoms with Crippen LogP contribution in [-0.4, -0.2) is 71.9 Å². The number of hydrogen-bond donors (Lipinski definition) is 0. The Bertz CT molecular complexity index is 598. The third-order valence-corrected chi connectivity index (χ3v) is 4.85. The molecule has 0 saturated carbocycles. The van der Waals surface area contributed by atoms with Crippen LogP contribution in [0.25, 0.3) is 0 Å². The predicted molar refractivity (Wildman–Crippen MR) is 89.9 cm³/mol. The molecule has 1 aromatic heterocycles. The van der Waals surface area contributed by atoms with E-state index in [0.717, 1.165) is 45.6 Å². The number of aromatic nitrogens is 1. The molecule has 24 heavy (non-hydrogen) atoms. The van der Waals surface area contributed by atoms with Crippen LogP contribution in [0.1, 0.15) is 12.8 Å². The minimum absolute atomic E-state index is 0.0131. The van der Waals surface area contributed by atoms with Gasteiger partial charge in [-0.15, -0.1) is 0 Å². The van der Waals surface area contributed by atoms with E-state index in [1.54, 1.807) is 6.07 Å². The van der Waals surface area contributed by atoms with Crippen molar-refractivity contribution in [2.45, 2.75) is 12.8 Å². The van der Waals surface area contributed by atoms with Crippen LogP contribution in [-0.2, 0) is 4.79 Å². The van der Waals surface area contributed by atoms with E-state index in [1.807, 2.05) is 4.90 Å². The van der Waals surface area contributed by atoms with Crippen LogP contribution in [0, 0.1) is 16.0 Å². The Hall–Kier alpha value is -2.22. The molecule has 1 amide bonds. The van der Waals surface area contributed by atoms with Crippen molar-refractivity contribution in [1.29, 1.82) is 0 Å². The number of carbonyl (C=O) groups is 1. The van der Waals surface area contributed by atoms with Gasteiger partial charge in [-0.3, -0.25) is 14.9 Å². The lowest BCUT2D eigenvalue weighted by Crippen LogP contribution is -2.51. The normalized spacial score (nSPS) is 22.5. The lowest BCUT2D eigenvalue weighted by atomic mass is 9.96. The summed E-state index contributed by atoms with van der Waals surface area (Å²) in [5.74, 6) is 0.922. The van der Waals surface area contributed by atoms with Gasteiger partial charge < -0.3 is 14.7 Å². The average Bonchev–Trinajstić information content (AvgIpc) is 2.62. The van der Waals surface area contributed by atoms with Gasteiger partial charge in [0, 0.05) is 45.3 Å². The van der Waals surface area contributed by atoms with Crippen LogP contribution in [0.4, 0.5) is 11.5 Å². The van der Waals surface area contributed by atoms with E-state index in [9.17, 15) is 14.9 Å². The highest BCUT2D eigenvalue weighted by atomic mass is 16.6. The van der Waals surface area contributed by atoms with Crippen molar-refractivity contribution in [2.75, 3.05) is 51.2 Å². The zero-order valence-corrected chi connectivity index (χ0v) is 13.9. The van der Waals surface area contributed by atoms with Crippen molar-refractivity contribution in [3.05, 3.63) is 28.4 Å². The van der Waals surface area contributed by atoms with Gasteiger partial charge >= 0.3 is 0 Å². The summed E-state index contributed by atoms with van der Waals surface area (Å²) < 4.78 is 0. The summed E-state index contributed by atoms with van der Waals surface area (Å²) in [5, 5.41) is 10.7. The van der Waals surface area contributed by atoms with Gasteiger partial charge in [-0.1, -0.05) is 0 Å². The first-order chi connectivity index (χ1) is 11.5. The zero-order chi connectivity index (χ0) is 17.1. The van der Waals surface area contributed by atoms with Crippen molar-refractivity contribution in [3.8, 4) is 0 Å². The van der Waals surface area contributed by atoms with Gasteiger partial charge in [-0.2, -0.15) is 0 Å². The molecule has 0 radical (unpaired) electrons. The van der Waals surface area contributed by atoms with Crippen LogP contribution < -0.4 is 4.90 Å². The van der Waals surface area contributed by atoms with Crippen molar-refractivity contribution >= 4 is 17.4 Å². The first-order valence-electron chi connectivity index (χ1n) is 8.37. The van der Waals surface area contributed by atoms with Gasteiger partial charge in [0.05, 0.1) is 10.8 Å². The van der Waals surface area contributed by atoms with E-state index in [1.165, 1.54) is 12.3 Å². The lowest BCUT2D eigenvalue weighted by Gasteiger charge is -2.38. The fourth-order valence-electron chi connectivity index (χ4n) is 3.35. The Morgan fingerprint density at radius 3 is 2.62 bits per heavy atom. The zero-order valence-electron chi connectivity index (χ0n) is 13.9. The number of hydrogen-bond acceptors (Lipinski definition) is 6. The predicted octanol–water partition coefficient (Wildman–Crippen LogP) is 0.980. The number of anilines is 1. The molecule has 0 aliphatic carbocycles. The number of nitro groups is 1. The molecule has 0 bridgehead atoms. The summed E-state index contributed by atoms with van der Waals surface area (Å²) in [5.41, 5.74) is -0.0131. The minimum atomic E-state index is -0.452. The number of rotatable bonds is 3. The number of piperidine rings is 1. The molecule has 1 aromatic rings. The van der Waals surface area contributed by atoms with E-state index in [2.05, 4.69) is 21.8 Å². The highest BCUT2D eigenvalue weighted by Gasteiger charge is 2.31. The number of piperazine rings is 1. The van der Waals surface area contributed by atoms with Crippen LogP contribution in [0.2, 0.25) is 0 Å². The Morgan fingerprint density at radius 1 is 1.25 bits per heavy atom. The first kappa shape index (κ1) is 16.6. The first-order valence-corrected chi connectivity index (χ1v) is 8.37. The molecule has 2 fully saturated rings. The van der Waals surface area contributed by atoms with Gasteiger partial charge in [-0.25, -0.2) is 4.98 Å². The molecule has 0 unspecified atom stereocenters. The van der Waals surface area contributed by atoms with Gasteiger partial charge in [-0.05, 0) is 26.0 Å². The number of nitrogens with zero attached hydrogens (tertiary/aromatic N) is 5. The number of likely N-dealkylation sites (N-methyl/N-ethyl adjacent to an activating group) is 1. The second kappa shape index (κ2) is 7.12. The minimum Gasteiger partial charge on any atom is -0.356 e. The van der Waals surface area contributed by atoms with E-state index in [-0.39, 0.29) is 17.5 Å². The molecule has 2 aliphatic rings. The molecule has 3 rings (SSSR count). The summed E-state index contributed by atoms with van der Waals surface area (Å²) in [4.78, 5) is 33.5. The maximum absolute atomic E-state index is 12.8. The molecular formula is C16H23N5O3. The molecule has 0 aromatic carbocycles. The fraction of sp³-hybridized carbons (Fsp3) is 0.625. The van der Waals surface area contributed by atoms with E-state index in [4.69, 9.17) is 0 Å². The number of carbonyl (C=O) groups excluding carboxylic acids is 1.